The summed E-state index contributed by atoms with van der Waals surface area (Å²) in [6, 6.07) is 24.2. The molecule has 0 saturated heterocycles. The third-order valence-electron chi connectivity index (χ3n) is 5.70. The van der Waals surface area contributed by atoms with Gasteiger partial charge in [-0.15, -0.1) is 0 Å². The lowest BCUT2D eigenvalue weighted by atomic mass is 9.94. The molecular formula is C27H28N2O3S. The lowest BCUT2D eigenvalue weighted by molar-refractivity contribution is 0.410. The first-order chi connectivity index (χ1) is 16.0. The molecule has 0 atom stereocenters. The van der Waals surface area contributed by atoms with Crippen molar-refractivity contribution in [2.75, 3.05) is 13.1 Å². The predicted molar refractivity (Wildman–Crippen MR) is 135 cm³/mol. The minimum absolute atomic E-state index is 0.207. The summed E-state index contributed by atoms with van der Waals surface area (Å²) in [6.07, 6.45) is 1.47. The van der Waals surface area contributed by atoms with E-state index >= 15 is 0 Å². The van der Waals surface area contributed by atoms with E-state index in [1.807, 2.05) is 74.5 Å². The number of sulfonamides is 1. The lowest BCUT2D eigenvalue weighted by Gasteiger charge is -2.21. The fraction of sp³-hybridized carbons (Fsp3) is 0.222. The van der Waals surface area contributed by atoms with Gasteiger partial charge in [0.25, 0.3) is 5.56 Å². The SMILES string of the molecule is CCCN(CCC)S(=O)(=O)c1ccc2c(=O)[nH]c(-c3ccccc3)c(-c3ccccc3)c2c1. The third-order valence-corrected chi connectivity index (χ3v) is 7.60. The van der Waals surface area contributed by atoms with Crippen LogP contribution in [0.3, 0.4) is 0 Å². The summed E-state index contributed by atoms with van der Waals surface area (Å²) in [5.41, 5.74) is 3.01. The Bertz CT molecular complexity index is 1410. The number of hydrogen-bond donors (Lipinski definition) is 1. The molecule has 0 aliphatic heterocycles. The highest BCUT2D eigenvalue weighted by atomic mass is 32.2. The largest absolute Gasteiger partial charge is 0.321 e. The van der Waals surface area contributed by atoms with Crippen LogP contribution in [0.5, 0.6) is 0 Å². The molecule has 0 aliphatic carbocycles. The number of aromatic nitrogens is 1. The van der Waals surface area contributed by atoms with E-state index in [2.05, 4.69) is 4.98 Å². The first kappa shape index (κ1) is 23.0. The lowest BCUT2D eigenvalue weighted by Crippen LogP contribution is -2.32. The van der Waals surface area contributed by atoms with Crippen LogP contribution in [0.4, 0.5) is 0 Å². The maximum Gasteiger partial charge on any atom is 0.256 e. The zero-order chi connectivity index (χ0) is 23.4. The van der Waals surface area contributed by atoms with Gasteiger partial charge in [-0.1, -0.05) is 74.5 Å². The van der Waals surface area contributed by atoms with Crippen molar-refractivity contribution in [2.24, 2.45) is 0 Å². The van der Waals surface area contributed by atoms with Gasteiger partial charge >= 0.3 is 0 Å². The second-order valence-corrected chi connectivity index (χ2v) is 9.99. The van der Waals surface area contributed by atoms with Crippen LogP contribution in [0, 0.1) is 0 Å². The van der Waals surface area contributed by atoms with E-state index in [4.69, 9.17) is 0 Å². The monoisotopic (exact) mass is 460 g/mol. The molecule has 0 unspecified atom stereocenters. The summed E-state index contributed by atoms with van der Waals surface area (Å²) in [5.74, 6) is 0. The van der Waals surface area contributed by atoms with E-state index in [9.17, 15) is 13.2 Å². The quantitative estimate of drug-likeness (QED) is 0.368. The maximum atomic E-state index is 13.5. The van der Waals surface area contributed by atoms with Gasteiger partial charge in [0.2, 0.25) is 10.0 Å². The Morgan fingerprint density at radius 3 is 1.91 bits per heavy atom. The Morgan fingerprint density at radius 2 is 1.33 bits per heavy atom. The summed E-state index contributed by atoms with van der Waals surface area (Å²) in [5, 5.41) is 1.09. The molecular weight excluding hydrogens is 432 g/mol. The minimum atomic E-state index is -3.69. The van der Waals surface area contributed by atoms with Gasteiger partial charge in [0.05, 0.1) is 10.6 Å². The van der Waals surface area contributed by atoms with Crippen LogP contribution in [-0.4, -0.2) is 30.8 Å². The Labute approximate surface area is 194 Å². The van der Waals surface area contributed by atoms with Gasteiger partial charge in [0, 0.05) is 24.0 Å². The minimum Gasteiger partial charge on any atom is -0.321 e. The Morgan fingerprint density at radius 1 is 0.758 bits per heavy atom. The molecule has 0 spiro atoms. The molecule has 4 rings (SSSR count). The fourth-order valence-electron chi connectivity index (χ4n) is 4.19. The highest BCUT2D eigenvalue weighted by molar-refractivity contribution is 7.89. The van der Waals surface area contributed by atoms with Crippen molar-refractivity contribution >= 4 is 20.8 Å². The molecule has 0 bridgehead atoms. The van der Waals surface area contributed by atoms with Crippen LogP contribution in [0.2, 0.25) is 0 Å². The molecule has 3 aromatic carbocycles. The van der Waals surface area contributed by atoms with Crippen LogP contribution in [0.25, 0.3) is 33.2 Å². The van der Waals surface area contributed by atoms with E-state index in [1.165, 1.54) is 4.31 Å². The van der Waals surface area contributed by atoms with Crippen molar-refractivity contribution < 1.29 is 8.42 Å². The van der Waals surface area contributed by atoms with Crippen molar-refractivity contribution in [3.8, 4) is 22.4 Å². The summed E-state index contributed by atoms with van der Waals surface area (Å²) in [7, 11) is -3.69. The molecule has 0 amide bonds. The normalized spacial score (nSPS) is 11.8. The highest BCUT2D eigenvalue weighted by Gasteiger charge is 2.25. The number of fused-ring (bicyclic) bond motifs is 1. The number of aromatic amines is 1. The number of nitrogens with one attached hydrogen (secondary N) is 1. The summed E-state index contributed by atoms with van der Waals surface area (Å²) in [6.45, 7) is 4.87. The van der Waals surface area contributed by atoms with E-state index in [1.54, 1.807) is 18.2 Å². The van der Waals surface area contributed by atoms with Crippen LogP contribution in [-0.2, 0) is 10.0 Å². The molecule has 6 heteroatoms. The summed E-state index contributed by atoms with van der Waals surface area (Å²) >= 11 is 0. The van der Waals surface area contributed by atoms with E-state index in [-0.39, 0.29) is 10.5 Å². The number of H-pyrrole nitrogens is 1. The average Bonchev–Trinajstić information content (AvgIpc) is 2.84. The van der Waals surface area contributed by atoms with Gasteiger partial charge in [-0.25, -0.2) is 8.42 Å². The zero-order valence-corrected chi connectivity index (χ0v) is 19.7. The molecule has 1 aromatic heterocycles. The molecule has 0 fully saturated rings. The molecule has 0 saturated carbocycles. The summed E-state index contributed by atoms with van der Waals surface area (Å²) in [4.78, 5) is 16.3. The molecule has 33 heavy (non-hydrogen) atoms. The Balaban J connectivity index is 2.04. The highest BCUT2D eigenvalue weighted by Crippen LogP contribution is 2.36. The second-order valence-electron chi connectivity index (χ2n) is 8.05. The van der Waals surface area contributed by atoms with Crippen LogP contribution in [0.15, 0.2) is 88.6 Å². The zero-order valence-electron chi connectivity index (χ0n) is 18.9. The smallest absolute Gasteiger partial charge is 0.256 e. The van der Waals surface area contributed by atoms with Crippen molar-refractivity contribution in [2.45, 2.75) is 31.6 Å². The maximum absolute atomic E-state index is 13.5. The van der Waals surface area contributed by atoms with Crippen LogP contribution in [0.1, 0.15) is 26.7 Å². The van der Waals surface area contributed by atoms with E-state index in [0.29, 0.717) is 29.6 Å². The van der Waals surface area contributed by atoms with Crippen molar-refractivity contribution in [3.63, 3.8) is 0 Å². The van der Waals surface area contributed by atoms with Gasteiger partial charge in [-0.05, 0) is 47.6 Å². The number of rotatable bonds is 8. The molecule has 1 N–H and O–H groups in total. The number of hydrogen-bond acceptors (Lipinski definition) is 3. The van der Waals surface area contributed by atoms with Crippen molar-refractivity contribution in [1.29, 1.82) is 0 Å². The van der Waals surface area contributed by atoms with Gasteiger partial charge in [0.15, 0.2) is 0 Å². The first-order valence-corrected chi connectivity index (χ1v) is 12.7. The molecule has 4 aromatic rings. The average molecular weight is 461 g/mol. The topological polar surface area (TPSA) is 70.2 Å². The molecule has 5 nitrogen and oxygen atoms in total. The molecule has 170 valence electrons. The van der Waals surface area contributed by atoms with Gasteiger partial charge in [0.1, 0.15) is 0 Å². The number of nitrogens with zero attached hydrogens (tertiary/aromatic N) is 1. The molecule has 0 aliphatic rings. The standard InChI is InChI=1S/C27H28N2O3S/c1-3-17-29(18-4-2)33(31,32)22-15-16-23-24(19-22)25(20-11-7-5-8-12-20)26(28-27(23)30)21-13-9-6-10-14-21/h5-16,19H,3-4,17-18H2,1-2H3,(H,28,30). The Hall–Kier alpha value is -3.22. The first-order valence-electron chi connectivity index (χ1n) is 11.3. The predicted octanol–water partition coefficient (Wildman–Crippen LogP) is 5.67. The van der Waals surface area contributed by atoms with Gasteiger partial charge < -0.3 is 4.98 Å². The molecule has 1 heterocycles. The Kier molecular flexibility index (Phi) is 6.77. The van der Waals surface area contributed by atoms with Gasteiger partial charge in [-0.3, -0.25) is 4.79 Å². The third kappa shape index (κ3) is 4.49. The number of pyridine rings is 1. The fourth-order valence-corrected chi connectivity index (χ4v) is 5.84. The van der Waals surface area contributed by atoms with E-state index < -0.39 is 10.0 Å². The molecule has 0 radical (unpaired) electrons. The number of benzene rings is 3. The van der Waals surface area contributed by atoms with Crippen LogP contribution >= 0.6 is 0 Å². The van der Waals surface area contributed by atoms with Crippen molar-refractivity contribution in [3.05, 3.63) is 89.2 Å². The van der Waals surface area contributed by atoms with Gasteiger partial charge in [-0.2, -0.15) is 4.31 Å². The summed E-state index contributed by atoms with van der Waals surface area (Å²) < 4.78 is 28.5. The second kappa shape index (κ2) is 9.73. The van der Waals surface area contributed by atoms with Crippen molar-refractivity contribution in [1.82, 2.24) is 9.29 Å². The van der Waals surface area contributed by atoms with Crippen LogP contribution < -0.4 is 5.56 Å². The van der Waals surface area contributed by atoms with E-state index in [0.717, 1.165) is 29.5 Å².